The highest BCUT2D eigenvalue weighted by molar-refractivity contribution is 9.10. The first-order valence-electron chi connectivity index (χ1n) is 4.18. The Morgan fingerprint density at radius 1 is 1.29 bits per heavy atom. The van der Waals surface area contributed by atoms with E-state index in [4.69, 9.17) is 5.26 Å². The van der Waals surface area contributed by atoms with E-state index in [1.807, 2.05) is 31.2 Å². The summed E-state index contributed by atoms with van der Waals surface area (Å²) in [6.45, 7) is 1.94. The minimum absolute atomic E-state index is 0.648. The van der Waals surface area contributed by atoms with Crippen LogP contribution in [0.5, 0.6) is 0 Å². The lowest BCUT2D eigenvalue weighted by atomic mass is 10.1. The van der Waals surface area contributed by atoms with Crippen molar-refractivity contribution in [2.24, 2.45) is 0 Å². The van der Waals surface area contributed by atoms with E-state index >= 15 is 0 Å². The number of halogens is 1. The largest absolute Gasteiger partial charge is 0.253 e. The minimum Gasteiger partial charge on any atom is -0.253 e. The molecule has 1 aromatic heterocycles. The number of fused-ring (bicyclic) bond motifs is 1. The average molecular weight is 247 g/mol. The molecular weight excluding hydrogens is 240 g/mol. The molecule has 2 nitrogen and oxygen atoms in total. The van der Waals surface area contributed by atoms with Crippen molar-refractivity contribution in [1.29, 1.82) is 5.26 Å². The number of rotatable bonds is 0. The molecule has 0 amide bonds. The molecule has 0 bridgehead atoms. The summed E-state index contributed by atoms with van der Waals surface area (Å²) < 4.78 is 0.818. The van der Waals surface area contributed by atoms with Gasteiger partial charge in [-0.15, -0.1) is 0 Å². The number of benzene rings is 1. The number of pyridine rings is 1. The van der Waals surface area contributed by atoms with Crippen LogP contribution in [0.2, 0.25) is 0 Å². The van der Waals surface area contributed by atoms with E-state index in [0.29, 0.717) is 5.56 Å². The second-order valence-corrected chi connectivity index (χ2v) is 3.91. The zero-order chi connectivity index (χ0) is 10.1. The molecule has 0 aliphatic carbocycles. The summed E-state index contributed by atoms with van der Waals surface area (Å²) in [5.74, 6) is 0. The standard InChI is InChI=1S/C11H7BrN2/c1-7-2-3-8-9(6-13)10(12)4-5-11(8)14-7/h2-5H,1H3. The van der Waals surface area contributed by atoms with Crippen molar-refractivity contribution in [2.45, 2.75) is 6.92 Å². The van der Waals surface area contributed by atoms with Crippen molar-refractivity contribution >= 4 is 26.8 Å². The Hall–Kier alpha value is -1.40. The molecule has 3 heteroatoms. The van der Waals surface area contributed by atoms with Gasteiger partial charge in [0, 0.05) is 15.6 Å². The normalized spacial score (nSPS) is 10.1. The first kappa shape index (κ1) is 9.17. The van der Waals surface area contributed by atoms with Crippen molar-refractivity contribution < 1.29 is 0 Å². The quantitative estimate of drug-likeness (QED) is 0.716. The van der Waals surface area contributed by atoms with Crippen molar-refractivity contribution in [3.8, 4) is 6.07 Å². The van der Waals surface area contributed by atoms with Crippen LogP contribution < -0.4 is 0 Å². The Morgan fingerprint density at radius 2 is 2.07 bits per heavy atom. The molecule has 0 N–H and O–H groups in total. The van der Waals surface area contributed by atoms with E-state index < -0.39 is 0 Å². The van der Waals surface area contributed by atoms with Crippen molar-refractivity contribution in [1.82, 2.24) is 4.98 Å². The fourth-order valence-corrected chi connectivity index (χ4v) is 1.83. The van der Waals surface area contributed by atoms with Gasteiger partial charge in [-0.2, -0.15) is 5.26 Å². The number of hydrogen-bond donors (Lipinski definition) is 0. The van der Waals surface area contributed by atoms with Gasteiger partial charge in [0.2, 0.25) is 0 Å². The van der Waals surface area contributed by atoms with Gasteiger partial charge in [-0.3, -0.25) is 4.98 Å². The molecule has 0 spiro atoms. The highest BCUT2D eigenvalue weighted by Gasteiger charge is 2.05. The third kappa shape index (κ3) is 1.38. The van der Waals surface area contributed by atoms with Crippen LogP contribution in [0.3, 0.4) is 0 Å². The number of aryl methyl sites for hydroxylation is 1. The number of nitriles is 1. The minimum atomic E-state index is 0.648. The van der Waals surface area contributed by atoms with Crippen molar-refractivity contribution in [2.75, 3.05) is 0 Å². The molecule has 0 unspecified atom stereocenters. The van der Waals surface area contributed by atoms with Gasteiger partial charge in [0.1, 0.15) is 6.07 Å². The molecule has 68 valence electrons. The number of hydrogen-bond acceptors (Lipinski definition) is 2. The van der Waals surface area contributed by atoms with Crippen LogP contribution in [0.25, 0.3) is 10.9 Å². The molecule has 2 rings (SSSR count). The molecule has 0 saturated heterocycles. The van der Waals surface area contributed by atoms with Crippen LogP contribution in [0.15, 0.2) is 28.7 Å². The highest BCUT2D eigenvalue weighted by Crippen LogP contribution is 2.24. The summed E-state index contributed by atoms with van der Waals surface area (Å²) in [5.41, 5.74) is 2.48. The predicted octanol–water partition coefficient (Wildman–Crippen LogP) is 3.18. The summed E-state index contributed by atoms with van der Waals surface area (Å²) in [4.78, 5) is 4.35. The Balaban J connectivity index is 2.90. The Bertz CT molecular complexity index is 541. The molecular formula is C11H7BrN2. The molecule has 0 aliphatic heterocycles. The van der Waals surface area contributed by atoms with E-state index in [1.165, 1.54) is 0 Å². The van der Waals surface area contributed by atoms with Gasteiger partial charge in [-0.05, 0) is 47.1 Å². The smallest absolute Gasteiger partial charge is 0.101 e. The molecule has 2 aromatic rings. The summed E-state index contributed by atoms with van der Waals surface area (Å²) in [6, 6.07) is 9.78. The summed E-state index contributed by atoms with van der Waals surface area (Å²) in [7, 11) is 0. The first-order valence-corrected chi connectivity index (χ1v) is 4.97. The number of nitrogens with zero attached hydrogens (tertiary/aromatic N) is 2. The van der Waals surface area contributed by atoms with Crippen LogP contribution >= 0.6 is 15.9 Å². The molecule has 14 heavy (non-hydrogen) atoms. The second kappa shape index (κ2) is 3.39. The van der Waals surface area contributed by atoms with E-state index in [1.54, 1.807) is 0 Å². The van der Waals surface area contributed by atoms with E-state index in [-0.39, 0.29) is 0 Å². The molecule has 0 radical (unpaired) electrons. The zero-order valence-electron chi connectivity index (χ0n) is 7.58. The summed E-state index contributed by atoms with van der Waals surface area (Å²) in [6.07, 6.45) is 0. The van der Waals surface area contributed by atoms with Crippen LogP contribution in [-0.2, 0) is 0 Å². The fourth-order valence-electron chi connectivity index (χ4n) is 1.39. The molecule has 0 aliphatic rings. The number of aromatic nitrogens is 1. The lowest BCUT2D eigenvalue weighted by Crippen LogP contribution is -1.87. The van der Waals surface area contributed by atoms with Crippen LogP contribution in [-0.4, -0.2) is 4.98 Å². The molecule has 0 fully saturated rings. The van der Waals surface area contributed by atoms with E-state index in [0.717, 1.165) is 21.1 Å². The monoisotopic (exact) mass is 246 g/mol. The summed E-state index contributed by atoms with van der Waals surface area (Å²) in [5, 5.41) is 9.87. The van der Waals surface area contributed by atoms with Crippen molar-refractivity contribution in [3.63, 3.8) is 0 Å². The van der Waals surface area contributed by atoms with Gasteiger partial charge in [0.25, 0.3) is 0 Å². The van der Waals surface area contributed by atoms with Crippen LogP contribution in [0, 0.1) is 18.3 Å². The zero-order valence-corrected chi connectivity index (χ0v) is 9.17. The Labute approximate surface area is 90.3 Å². The molecule has 0 saturated carbocycles. The third-order valence-corrected chi connectivity index (χ3v) is 2.73. The second-order valence-electron chi connectivity index (χ2n) is 3.05. The topological polar surface area (TPSA) is 36.7 Å². The molecule has 1 aromatic carbocycles. The fraction of sp³-hybridized carbons (Fsp3) is 0.0909. The maximum absolute atomic E-state index is 8.98. The maximum atomic E-state index is 8.98. The van der Waals surface area contributed by atoms with Gasteiger partial charge < -0.3 is 0 Å². The van der Waals surface area contributed by atoms with Gasteiger partial charge in [0.15, 0.2) is 0 Å². The van der Waals surface area contributed by atoms with Crippen LogP contribution in [0.4, 0.5) is 0 Å². The van der Waals surface area contributed by atoms with Gasteiger partial charge in [-0.25, -0.2) is 0 Å². The maximum Gasteiger partial charge on any atom is 0.101 e. The Kier molecular flexibility index (Phi) is 2.22. The lowest BCUT2D eigenvalue weighted by molar-refractivity contribution is 1.25. The summed E-state index contributed by atoms with van der Waals surface area (Å²) >= 11 is 3.35. The lowest BCUT2D eigenvalue weighted by Gasteiger charge is -2.02. The van der Waals surface area contributed by atoms with Gasteiger partial charge in [-0.1, -0.05) is 0 Å². The van der Waals surface area contributed by atoms with E-state index in [2.05, 4.69) is 27.0 Å². The molecule has 0 atom stereocenters. The van der Waals surface area contributed by atoms with Gasteiger partial charge >= 0.3 is 0 Å². The molecule has 1 heterocycles. The first-order chi connectivity index (χ1) is 6.72. The third-order valence-electron chi connectivity index (χ3n) is 2.07. The van der Waals surface area contributed by atoms with Crippen LogP contribution in [0.1, 0.15) is 11.3 Å². The van der Waals surface area contributed by atoms with Crippen molar-refractivity contribution in [3.05, 3.63) is 40.0 Å². The Morgan fingerprint density at radius 3 is 2.79 bits per heavy atom. The SMILES string of the molecule is Cc1ccc2c(C#N)c(Br)ccc2n1. The average Bonchev–Trinajstić information content (AvgIpc) is 2.18. The van der Waals surface area contributed by atoms with Gasteiger partial charge in [0.05, 0.1) is 11.1 Å². The predicted molar refractivity (Wildman–Crippen MR) is 58.9 cm³/mol. The van der Waals surface area contributed by atoms with E-state index in [9.17, 15) is 0 Å². The highest BCUT2D eigenvalue weighted by atomic mass is 79.9.